The third kappa shape index (κ3) is 17.4. The van der Waals surface area contributed by atoms with Crippen molar-refractivity contribution in [3.8, 4) is 0 Å². The lowest BCUT2D eigenvalue weighted by molar-refractivity contribution is 0.0405. The SMILES string of the molecule is C.CCN1CCOCC1.CN1CCOCC1.COC1CCCCC1.COCC1CC1. The maximum atomic E-state index is 5.19. The zero-order valence-electron chi connectivity index (χ0n) is 19.7. The Morgan fingerprint density at radius 2 is 1.33 bits per heavy atom. The van der Waals surface area contributed by atoms with Gasteiger partial charge in [-0.25, -0.2) is 0 Å². The van der Waals surface area contributed by atoms with E-state index >= 15 is 0 Å². The number of rotatable bonds is 4. The van der Waals surface area contributed by atoms with Crippen molar-refractivity contribution in [2.24, 2.45) is 5.92 Å². The summed E-state index contributed by atoms with van der Waals surface area (Å²) in [5, 5.41) is 0. The molecule has 4 rings (SSSR count). The Labute approximate surface area is 187 Å². The molecule has 30 heavy (non-hydrogen) atoms. The van der Waals surface area contributed by atoms with E-state index in [1.54, 1.807) is 7.11 Å². The van der Waals surface area contributed by atoms with Gasteiger partial charge in [0.05, 0.1) is 32.5 Å². The van der Waals surface area contributed by atoms with Gasteiger partial charge in [0.15, 0.2) is 0 Å². The predicted octanol–water partition coefficient (Wildman–Crippen LogP) is 3.93. The predicted molar refractivity (Wildman–Crippen MR) is 126 cm³/mol. The normalized spacial score (nSPS) is 22.8. The summed E-state index contributed by atoms with van der Waals surface area (Å²) in [6.45, 7) is 12.5. The number of morpholine rings is 2. The average molecular weight is 433 g/mol. The van der Waals surface area contributed by atoms with E-state index in [4.69, 9.17) is 18.9 Å². The van der Waals surface area contributed by atoms with Crippen LogP contribution in [0, 0.1) is 5.92 Å². The largest absolute Gasteiger partial charge is 0.384 e. The van der Waals surface area contributed by atoms with Crippen LogP contribution in [0.25, 0.3) is 0 Å². The van der Waals surface area contributed by atoms with E-state index in [1.807, 2.05) is 7.11 Å². The van der Waals surface area contributed by atoms with Gasteiger partial charge in [-0.1, -0.05) is 33.6 Å². The highest BCUT2D eigenvalue weighted by molar-refractivity contribution is 4.71. The summed E-state index contributed by atoms with van der Waals surface area (Å²) in [5.74, 6) is 0.926. The van der Waals surface area contributed by atoms with E-state index in [0.29, 0.717) is 6.10 Å². The van der Waals surface area contributed by atoms with Crippen LogP contribution in [-0.4, -0.2) is 103 Å². The van der Waals surface area contributed by atoms with Gasteiger partial charge in [0.25, 0.3) is 0 Å². The van der Waals surface area contributed by atoms with Crippen LogP contribution in [0.1, 0.15) is 59.3 Å². The van der Waals surface area contributed by atoms with Crippen LogP contribution in [0.2, 0.25) is 0 Å². The van der Waals surface area contributed by atoms with Crippen LogP contribution in [-0.2, 0) is 18.9 Å². The van der Waals surface area contributed by atoms with Crippen LogP contribution in [0.3, 0.4) is 0 Å². The second-order valence-corrected chi connectivity index (χ2v) is 8.36. The molecule has 2 aliphatic heterocycles. The Bertz CT molecular complexity index is 320. The number of nitrogens with zero attached hydrogens (tertiary/aromatic N) is 2. The average Bonchev–Trinajstić information content (AvgIpc) is 3.61. The first-order valence-corrected chi connectivity index (χ1v) is 11.8. The highest BCUT2D eigenvalue weighted by Crippen LogP contribution is 2.28. The molecule has 4 fully saturated rings. The Morgan fingerprint density at radius 3 is 1.60 bits per heavy atom. The standard InChI is InChI=1S/C7H14O.C6H13NO.C5H11NO.C5H10O.CH4/c1-8-7-5-3-2-4-6-7;1-2-7-3-5-8-6-4-7;1-6-2-4-7-5-3-6;1-6-4-5-2-3-5;/h7H,2-6H2,1H3;2-6H2,1H3;2-5H2,1H3;5H,2-4H2,1H3;1H4. The molecule has 0 aromatic carbocycles. The minimum Gasteiger partial charge on any atom is -0.384 e. The number of hydrogen-bond acceptors (Lipinski definition) is 6. The minimum absolute atomic E-state index is 0. The van der Waals surface area contributed by atoms with Crippen molar-refractivity contribution < 1.29 is 18.9 Å². The first-order valence-electron chi connectivity index (χ1n) is 11.8. The van der Waals surface area contributed by atoms with Crippen LogP contribution in [0.5, 0.6) is 0 Å². The van der Waals surface area contributed by atoms with Crippen molar-refractivity contribution in [1.29, 1.82) is 0 Å². The second kappa shape index (κ2) is 20.7. The fraction of sp³-hybridized carbons (Fsp3) is 1.00. The molecule has 0 N–H and O–H groups in total. The molecular formula is C24H52N2O4. The van der Waals surface area contributed by atoms with Gasteiger partial charge in [-0.3, -0.25) is 4.90 Å². The van der Waals surface area contributed by atoms with Gasteiger partial charge in [-0.05, 0) is 45.2 Å². The molecule has 4 aliphatic rings. The fourth-order valence-electron chi connectivity index (χ4n) is 3.39. The summed E-state index contributed by atoms with van der Waals surface area (Å²) < 4.78 is 20.3. The highest BCUT2D eigenvalue weighted by Gasteiger charge is 2.20. The molecule has 0 aromatic heterocycles. The van der Waals surface area contributed by atoms with Gasteiger partial charge in [-0.15, -0.1) is 0 Å². The fourth-order valence-corrected chi connectivity index (χ4v) is 3.39. The molecule has 0 spiro atoms. The van der Waals surface area contributed by atoms with E-state index in [0.717, 1.165) is 65.1 Å². The zero-order chi connectivity index (χ0) is 21.2. The summed E-state index contributed by atoms with van der Waals surface area (Å²) in [6.07, 6.45) is 10.1. The molecule has 2 saturated carbocycles. The van der Waals surface area contributed by atoms with E-state index in [9.17, 15) is 0 Å². The van der Waals surface area contributed by atoms with E-state index in [2.05, 4.69) is 23.8 Å². The molecule has 182 valence electrons. The Hall–Kier alpha value is -0.240. The summed E-state index contributed by atoms with van der Waals surface area (Å²) in [4.78, 5) is 4.66. The van der Waals surface area contributed by atoms with Crippen LogP contribution >= 0.6 is 0 Å². The second-order valence-electron chi connectivity index (χ2n) is 8.36. The third-order valence-corrected chi connectivity index (χ3v) is 5.77. The smallest absolute Gasteiger partial charge is 0.0594 e. The number of ether oxygens (including phenoxy) is 4. The lowest BCUT2D eigenvalue weighted by Crippen LogP contribution is -2.35. The van der Waals surface area contributed by atoms with Gasteiger partial charge in [0.2, 0.25) is 0 Å². The molecule has 2 aliphatic carbocycles. The summed E-state index contributed by atoms with van der Waals surface area (Å²) in [6, 6.07) is 0. The molecular weight excluding hydrogens is 380 g/mol. The zero-order valence-corrected chi connectivity index (χ0v) is 19.7. The lowest BCUT2D eigenvalue weighted by atomic mass is 9.98. The maximum Gasteiger partial charge on any atom is 0.0594 e. The Kier molecular flexibility index (Phi) is 20.5. The molecule has 6 heteroatoms. The topological polar surface area (TPSA) is 43.4 Å². The molecule has 0 atom stereocenters. The van der Waals surface area contributed by atoms with E-state index in [-0.39, 0.29) is 7.43 Å². The van der Waals surface area contributed by atoms with E-state index in [1.165, 1.54) is 51.5 Å². The van der Waals surface area contributed by atoms with Gasteiger partial charge < -0.3 is 23.8 Å². The van der Waals surface area contributed by atoms with Crippen molar-refractivity contribution in [3.05, 3.63) is 0 Å². The minimum atomic E-state index is 0. The summed E-state index contributed by atoms with van der Waals surface area (Å²) >= 11 is 0. The molecule has 0 radical (unpaired) electrons. The van der Waals surface area contributed by atoms with Crippen LogP contribution < -0.4 is 0 Å². The Balaban J connectivity index is 0.000000372. The quantitative estimate of drug-likeness (QED) is 0.671. The van der Waals surface area contributed by atoms with Crippen molar-refractivity contribution in [1.82, 2.24) is 9.80 Å². The Morgan fingerprint density at radius 1 is 0.800 bits per heavy atom. The maximum absolute atomic E-state index is 5.19. The van der Waals surface area contributed by atoms with Gasteiger partial charge in [0, 0.05) is 47.0 Å². The van der Waals surface area contributed by atoms with Gasteiger partial charge in [-0.2, -0.15) is 0 Å². The van der Waals surface area contributed by atoms with Crippen molar-refractivity contribution in [3.63, 3.8) is 0 Å². The van der Waals surface area contributed by atoms with Gasteiger partial charge >= 0.3 is 0 Å². The molecule has 6 nitrogen and oxygen atoms in total. The molecule has 0 bridgehead atoms. The molecule has 0 aromatic rings. The van der Waals surface area contributed by atoms with Gasteiger partial charge in [0.1, 0.15) is 0 Å². The van der Waals surface area contributed by atoms with Crippen LogP contribution in [0.15, 0.2) is 0 Å². The highest BCUT2D eigenvalue weighted by atomic mass is 16.5. The van der Waals surface area contributed by atoms with Crippen molar-refractivity contribution >= 4 is 0 Å². The summed E-state index contributed by atoms with van der Waals surface area (Å²) in [5.41, 5.74) is 0. The molecule has 2 heterocycles. The lowest BCUT2D eigenvalue weighted by Gasteiger charge is -2.24. The molecule has 2 saturated heterocycles. The first-order chi connectivity index (χ1) is 14.2. The number of hydrogen-bond donors (Lipinski definition) is 0. The van der Waals surface area contributed by atoms with Crippen molar-refractivity contribution in [2.75, 3.05) is 87.0 Å². The molecule has 0 unspecified atom stereocenters. The number of methoxy groups -OCH3 is 2. The monoisotopic (exact) mass is 432 g/mol. The van der Waals surface area contributed by atoms with Crippen LogP contribution in [0.4, 0.5) is 0 Å². The van der Waals surface area contributed by atoms with E-state index < -0.39 is 0 Å². The molecule has 0 amide bonds. The number of likely N-dealkylation sites (N-methyl/N-ethyl adjacent to an activating group) is 2. The summed E-state index contributed by atoms with van der Waals surface area (Å²) in [7, 11) is 5.69. The third-order valence-electron chi connectivity index (χ3n) is 5.77. The van der Waals surface area contributed by atoms with Crippen molar-refractivity contribution in [2.45, 2.75) is 65.4 Å². The first kappa shape index (κ1) is 29.8.